The Kier molecular flexibility index (Phi) is 4.47. The highest BCUT2D eigenvalue weighted by Crippen LogP contribution is 2.23. The van der Waals surface area contributed by atoms with Gasteiger partial charge < -0.3 is 15.0 Å². The van der Waals surface area contributed by atoms with Gasteiger partial charge in [-0.05, 0) is 20.8 Å². The van der Waals surface area contributed by atoms with E-state index in [1.165, 1.54) is 4.90 Å². The normalized spacial score (nSPS) is 21.9. The fourth-order valence-electron chi connectivity index (χ4n) is 1.73. The van der Waals surface area contributed by atoms with Crippen molar-refractivity contribution in [2.24, 2.45) is 0 Å². The van der Waals surface area contributed by atoms with Crippen molar-refractivity contribution in [1.82, 2.24) is 10.2 Å². The smallest absolute Gasteiger partial charge is 0.410 e. The number of piperazine rings is 1. The molecule has 0 aromatic carbocycles. The molecule has 0 aromatic rings. The van der Waals surface area contributed by atoms with Gasteiger partial charge in [0, 0.05) is 25.7 Å². The molecule has 4 nitrogen and oxygen atoms in total. The van der Waals surface area contributed by atoms with E-state index in [2.05, 4.69) is 5.32 Å². The summed E-state index contributed by atoms with van der Waals surface area (Å²) in [6.07, 6.45) is -5.72. The van der Waals surface area contributed by atoms with Crippen LogP contribution in [0.25, 0.3) is 0 Å². The largest absolute Gasteiger partial charge is 0.444 e. The van der Waals surface area contributed by atoms with Crippen molar-refractivity contribution in [3.8, 4) is 0 Å². The Balaban J connectivity index is 2.51. The first-order valence-corrected chi connectivity index (χ1v) is 5.85. The summed E-state index contributed by atoms with van der Waals surface area (Å²) < 4.78 is 41.9. The van der Waals surface area contributed by atoms with E-state index >= 15 is 0 Å². The second-order valence-corrected chi connectivity index (χ2v) is 5.40. The third kappa shape index (κ3) is 5.57. The lowest BCUT2D eigenvalue weighted by Crippen LogP contribution is -2.54. The van der Waals surface area contributed by atoms with Crippen molar-refractivity contribution in [3.05, 3.63) is 0 Å². The molecule has 0 spiro atoms. The molecule has 1 amide bonds. The average Bonchev–Trinajstić information content (AvgIpc) is 2.12. The molecule has 1 heterocycles. The Labute approximate surface area is 104 Å². The average molecular weight is 268 g/mol. The molecule has 1 unspecified atom stereocenters. The van der Waals surface area contributed by atoms with Crippen molar-refractivity contribution in [3.63, 3.8) is 0 Å². The van der Waals surface area contributed by atoms with Gasteiger partial charge in [-0.25, -0.2) is 4.79 Å². The van der Waals surface area contributed by atoms with E-state index in [9.17, 15) is 18.0 Å². The van der Waals surface area contributed by atoms with Crippen LogP contribution >= 0.6 is 0 Å². The predicted octanol–water partition coefficient (Wildman–Crippen LogP) is 2.15. The van der Waals surface area contributed by atoms with Crippen molar-refractivity contribution in [1.29, 1.82) is 0 Å². The quantitative estimate of drug-likeness (QED) is 0.792. The number of hydrogen-bond donors (Lipinski definition) is 1. The van der Waals surface area contributed by atoms with Crippen molar-refractivity contribution < 1.29 is 22.7 Å². The van der Waals surface area contributed by atoms with Crippen LogP contribution in [0.2, 0.25) is 0 Å². The minimum atomic E-state index is -4.23. The van der Waals surface area contributed by atoms with Crippen LogP contribution < -0.4 is 5.32 Å². The second-order valence-electron chi connectivity index (χ2n) is 5.40. The fraction of sp³-hybridized carbons (Fsp3) is 0.909. The van der Waals surface area contributed by atoms with E-state index < -0.39 is 30.3 Å². The molecule has 1 aliphatic rings. The minimum Gasteiger partial charge on any atom is -0.444 e. The standard InChI is InChI=1S/C11H19F3N2O2/c1-10(2,3)18-9(17)16-5-4-15-8(7-16)6-11(12,13)14/h8,15H,4-7H2,1-3H3. The van der Waals surface area contributed by atoms with Gasteiger partial charge in [-0.2, -0.15) is 13.2 Å². The van der Waals surface area contributed by atoms with Gasteiger partial charge in [-0.15, -0.1) is 0 Å². The Morgan fingerprint density at radius 3 is 2.50 bits per heavy atom. The zero-order valence-corrected chi connectivity index (χ0v) is 10.8. The Morgan fingerprint density at radius 2 is 2.00 bits per heavy atom. The lowest BCUT2D eigenvalue weighted by Gasteiger charge is -2.35. The maximum Gasteiger partial charge on any atom is 0.410 e. The first kappa shape index (κ1) is 15.1. The van der Waals surface area contributed by atoms with Crippen LogP contribution in [0, 0.1) is 0 Å². The highest BCUT2D eigenvalue weighted by Gasteiger charge is 2.35. The van der Waals surface area contributed by atoms with Gasteiger partial charge in [-0.1, -0.05) is 0 Å². The van der Waals surface area contributed by atoms with Gasteiger partial charge >= 0.3 is 12.3 Å². The number of alkyl halides is 3. The minimum absolute atomic E-state index is 0.0222. The number of hydrogen-bond acceptors (Lipinski definition) is 3. The van der Waals surface area contributed by atoms with Crippen LogP contribution in [-0.2, 0) is 4.74 Å². The molecule has 18 heavy (non-hydrogen) atoms. The molecule has 1 saturated heterocycles. The molecule has 0 aromatic heterocycles. The van der Waals surface area contributed by atoms with Gasteiger partial charge in [0.05, 0.1) is 6.42 Å². The van der Waals surface area contributed by atoms with Crippen LogP contribution in [-0.4, -0.2) is 48.4 Å². The molecule has 0 bridgehead atoms. The molecule has 1 N–H and O–H groups in total. The SMILES string of the molecule is CC(C)(C)OC(=O)N1CCNC(CC(F)(F)F)C1. The highest BCUT2D eigenvalue weighted by molar-refractivity contribution is 5.68. The highest BCUT2D eigenvalue weighted by atomic mass is 19.4. The van der Waals surface area contributed by atoms with E-state index in [0.29, 0.717) is 13.1 Å². The van der Waals surface area contributed by atoms with E-state index in [0.717, 1.165) is 0 Å². The predicted molar refractivity (Wildman–Crippen MR) is 60.3 cm³/mol. The van der Waals surface area contributed by atoms with Crippen molar-refractivity contribution in [2.75, 3.05) is 19.6 Å². The summed E-state index contributed by atoms with van der Waals surface area (Å²) >= 11 is 0. The summed E-state index contributed by atoms with van der Waals surface area (Å²) in [6.45, 7) is 5.90. The number of nitrogens with zero attached hydrogens (tertiary/aromatic N) is 1. The molecule has 1 atom stereocenters. The maximum absolute atomic E-state index is 12.3. The van der Waals surface area contributed by atoms with E-state index in [4.69, 9.17) is 4.74 Å². The van der Waals surface area contributed by atoms with Gasteiger partial charge in [-0.3, -0.25) is 0 Å². The first-order valence-electron chi connectivity index (χ1n) is 5.85. The van der Waals surface area contributed by atoms with Gasteiger partial charge in [0.2, 0.25) is 0 Å². The zero-order chi connectivity index (χ0) is 14.0. The van der Waals surface area contributed by atoms with E-state index in [1.54, 1.807) is 20.8 Å². The third-order valence-corrected chi connectivity index (χ3v) is 2.39. The third-order valence-electron chi connectivity index (χ3n) is 2.39. The monoisotopic (exact) mass is 268 g/mol. The number of ether oxygens (including phenoxy) is 1. The first-order chi connectivity index (χ1) is 8.07. The number of rotatable bonds is 1. The lowest BCUT2D eigenvalue weighted by atomic mass is 10.1. The number of carbonyl (C=O) groups is 1. The lowest BCUT2D eigenvalue weighted by molar-refractivity contribution is -0.142. The Bertz CT molecular complexity index is 300. The molecule has 0 radical (unpaired) electrons. The number of carbonyl (C=O) groups excluding carboxylic acids is 1. The van der Waals surface area contributed by atoms with Gasteiger partial charge in [0.1, 0.15) is 5.60 Å². The maximum atomic E-state index is 12.3. The summed E-state index contributed by atoms with van der Waals surface area (Å²) in [7, 11) is 0. The zero-order valence-electron chi connectivity index (χ0n) is 10.8. The van der Waals surface area contributed by atoms with Crippen LogP contribution in [0.4, 0.5) is 18.0 Å². The molecule has 7 heteroatoms. The van der Waals surface area contributed by atoms with Gasteiger partial charge in [0.25, 0.3) is 0 Å². The molecule has 106 valence electrons. The molecule has 1 fully saturated rings. The number of halogens is 3. The van der Waals surface area contributed by atoms with Crippen LogP contribution in [0.15, 0.2) is 0 Å². The van der Waals surface area contributed by atoms with Crippen molar-refractivity contribution >= 4 is 6.09 Å². The van der Waals surface area contributed by atoms with Crippen LogP contribution in [0.3, 0.4) is 0 Å². The molecular weight excluding hydrogens is 249 g/mol. The Morgan fingerprint density at radius 1 is 1.39 bits per heavy atom. The topological polar surface area (TPSA) is 41.6 Å². The Hall–Kier alpha value is -0.980. The summed E-state index contributed by atoms with van der Waals surface area (Å²) in [5, 5.41) is 2.75. The van der Waals surface area contributed by atoms with E-state index in [1.807, 2.05) is 0 Å². The van der Waals surface area contributed by atoms with E-state index in [-0.39, 0.29) is 6.54 Å². The molecule has 0 aliphatic carbocycles. The number of amides is 1. The molecular formula is C11H19F3N2O2. The molecule has 1 rings (SSSR count). The van der Waals surface area contributed by atoms with Gasteiger partial charge in [0.15, 0.2) is 0 Å². The number of nitrogens with one attached hydrogen (secondary N) is 1. The van der Waals surface area contributed by atoms with Crippen molar-refractivity contribution in [2.45, 2.75) is 45.0 Å². The summed E-state index contributed by atoms with van der Waals surface area (Å²) in [5.74, 6) is 0. The summed E-state index contributed by atoms with van der Waals surface area (Å²) in [6, 6.07) is -0.758. The van der Waals surface area contributed by atoms with Crippen LogP contribution in [0.5, 0.6) is 0 Å². The second kappa shape index (κ2) is 5.34. The molecule has 0 saturated carbocycles. The fourth-order valence-corrected chi connectivity index (χ4v) is 1.73. The summed E-state index contributed by atoms with van der Waals surface area (Å²) in [5.41, 5.74) is -0.637. The summed E-state index contributed by atoms with van der Waals surface area (Å²) in [4.78, 5) is 13.0. The van der Waals surface area contributed by atoms with Crippen LogP contribution in [0.1, 0.15) is 27.2 Å². The molecule has 1 aliphatic heterocycles.